The summed E-state index contributed by atoms with van der Waals surface area (Å²) in [6, 6.07) is 0. The molecule has 0 aromatic rings. The molecule has 0 fully saturated rings. The van der Waals surface area contributed by atoms with E-state index < -0.39 is 0 Å². The zero-order valence-corrected chi connectivity index (χ0v) is 11.4. The molecule has 1 aliphatic rings. The molecule has 0 heterocycles. The van der Waals surface area contributed by atoms with E-state index in [1.165, 1.54) is 5.57 Å². The Morgan fingerprint density at radius 3 is 2.50 bits per heavy atom. The van der Waals surface area contributed by atoms with E-state index in [1.54, 1.807) is 6.08 Å². The van der Waals surface area contributed by atoms with Gasteiger partial charge in [-0.05, 0) is 44.6 Å². The Balaban J connectivity index is 3.09. The summed E-state index contributed by atoms with van der Waals surface area (Å²) in [5, 5.41) is 0. The van der Waals surface area contributed by atoms with Crippen LogP contribution in [0.3, 0.4) is 0 Å². The second-order valence-electron chi connectivity index (χ2n) is 5.96. The van der Waals surface area contributed by atoms with Gasteiger partial charge in [0.05, 0.1) is 0 Å². The van der Waals surface area contributed by atoms with E-state index in [-0.39, 0.29) is 17.1 Å². The van der Waals surface area contributed by atoms with Crippen molar-refractivity contribution in [1.82, 2.24) is 0 Å². The Morgan fingerprint density at radius 1 is 1.44 bits per heavy atom. The first-order valence-corrected chi connectivity index (χ1v) is 6.12. The fraction of sp³-hybridized carbons (Fsp3) is 0.667. The maximum atomic E-state index is 12.3. The lowest BCUT2D eigenvalue weighted by atomic mass is 9.61. The van der Waals surface area contributed by atoms with Crippen LogP contribution < -0.4 is 0 Å². The van der Waals surface area contributed by atoms with Crippen molar-refractivity contribution in [3.05, 3.63) is 23.3 Å². The predicted octanol–water partition coefficient (Wildman–Crippen LogP) is 4.15. The van der Waals surface area contributed by atoms with Crippen molar-refractivity contribution in [3.8, 4) is 0 Å². The molecule has 90 valence electrons. The van der Waals surface area contributed by atoms with Crippen molar-refractivity contribution >= 4 is 5.78 Å². The molecule has 16 heavy (non-hydrogen) atoms. The van der Waals surface area contributed by atoms with Crippen molar-refractivity contribution in [1.29, 1.82) is 0 Å². The summed E-state index contributed by atoms with van der Waals surface area (Å²) in [5.74, 6) is 0.896. The summed E-state index contributed by atoms with van der Waals surface area (Å²) in [5.41, 5.74) is 2.40. The van der Waals surface area contributed by atoms with Crippen molar-refractivity contribution in [3.63, 3.8) is 0 Å². The predicted molar refractivity (Wildman–Crippen MR) is 69.2 cm³/mol. The lowest BCUT2D eigenvalue weighted by Gasteiger charge is -2.42. The number of carbonyl (C=O) groups is 1. The van der Waals surface area contributed by atoms with Crippen LogP contribution in [-0.4, -0.2) is 5.78 Å². The van der Waals surface area contributed by atoms with Gasteiger partial charge in [0.15, 0.2) is 5.78 Å². The molecule has 1 heteroatoms. The van der Waals surface area contributed by atoms with Gasteiger partial charge < -0.3 is 0 Å². The highest BCUT2D eigenvalue weighted by atomic mass is 16.1. The molecule has 0 amide bonds. The number of allylic oxidation sites excluding steroid dienone is 4. The first-order chi connectivity index (χ1) is 7.26. The van der Waals surface area contributed by atoms with Gasteiger partial charge in [0.25, 0.3) is 0 Å². The van der Waals surface area contributed by atoms with Gasteiger partial charge in [-0.2, -0.15) is 0 Å². The molecule has 0 spiro atoms. The Bertz CT molecular complexity index is 340. The first kappa shape index (κ1) is 13.2. The highest BCUT2D eigenvalue weighted by Gasteiger charge is 2.41. The average Bonchev–Trinajstić information content (AvgIpc) is 2.10. The third kappa shape index (κ3) is 2.45. The standard InChI is InChI=1S/C15H24O/c1-10(2)9-13(16)14-11(3)7-8-12(4)15(14,5)6/h7,9,12,14H,8H2,1-6H3. The molecule has 0 radical (unpaired) electrons. The van der Waals surface area contributed by atoms with E-state index in [1.807, 2.05) is 13.8 Å². The number of hydrogen-bond donors (Lipinski definition) is 0. The quantitative estimate of drug-likeness (QED) is 0.504. The molecule has 2 unspecified atom stereocenters. The van der Waals surface area contributed by atoms with Gasteiger partial charge in [-0.15, -0.1) is 0 Å². The maximum Gasteiger partial charge on any atom is 0.163 e. The summed E-state index contributed by atoms with van der Waals surface area (Å²) in [7, 11) is 0. The minimum atomic E-state index is 0.0612. The van der Waals surface area contributed by atoms with Crippen LogP contribution in [0.15, 0.2) is 23.3 Å². The molecule has 0 saturated heterocycles. The maximum absolute atomic E-state index is 12.3. The van der Waals surface area contributed by atoms with E-state index in [0.717, 1.165) is 12.0 Å². The van der Waals surface area contributed by atoms with Gasteiger partial charge in [-0.25, -0.2) is 0 Å². The summed E-state index contributed by atoms with van der Waals surface area (Å²) in [6.07, 6.45) is 5.12. The third-order valence-electron chi connectivity index (χ3n) is 3.98. The monoisotopic (exact) mass is 220 g/mol. The van der Waals surface area contributed by atoms with Crippen LogP contribution in [0.25, 0.3) is 0 Å². The van der Waals surface area contributed by atoms with Crippen LogP contribution in [0, 0.1) is 17.3 Å². The van der Waals surface area contributed by atoms with Gasteiger partial charge >= 0.3 is 0 Å². The molecule has 0 bridgehead atoms. The average molecular weight is 220 g/mol. The largest absolute Gasteiger partial charge is 0.294 e. The van der Waals surface area contributed by atoms with Crippen LogP contribution in [0.5, 0.6) is 0 Å². The smallest absolute Gasteiger partial charge is 0.163 e. The molecule has 0 N–H and O–H groups in total. The fourth-order valence-corrected chi connectivity index (χ4v) is 2.61. The van der Waals surface area contributed by atoms with Crippen LogP contribution in [0.1, 0.15) is 48.0 Å². The van der Waals surface area contributed by atoms with Crippen LogP contribution in [0.2, 0.25) is 0 Å². The van der Waals surface area contributed by atoms with E-state index >= 15 is 0 Å². The lowest BCUT2D eigenvalue weighted by molar-refractivity contribution is -0.121. The molecular formula is C15H24O. The summed E-state index contributed by atoms with van der Waals surface area (Å²) in [6.45, 7) is 12.7. The minimum Gasteiger partial charge on any atom is -0.294 e. The normalized spacial score (nSPS) is 28.2. The zero-order valence-electron chi connectivity index (χ0n) is 11.4. The van der Waals surface area contributed by atoms with Crippen LogP contribution >= 0.6 is 0 Å². The molecule has 2 atom stereocenters. The van der Waals surface area contributed by atoms with Crippen molar-refractivity contribution < 1.29 is 4.79 Å². The van der Waals surface area contributed by atoms with Crippen molar-refractivity contribution in [2.75, 3.05) is 0 Å². The highest BCUT2D eigenvalue weighted by molar-refractivity contribution is 5.95. The Kier molecular flexibility index (Phi) is 3.77. The van der Waals surface area contributed by atoms with E-state index in [2.05, 4.69) is 33.8 Å². The Hall–Kier alpha value is -0.850. The molecule has 1 aliphatic carbocycles. The summed E-state index contributed by atoms with van der Waals surface area (Å²) < 4.78 is 0. The molecule has 0 aromatic carbocycles. The highest BCUT2D eigenvalue weighted by Crippen LogP contribution is 2.45. The number of ketones is 1. The number of hydrogen-bond acceptors (Lipinski definition) is 1. The van der Waals surface area contributed by atoms with Crippen LogP contribution in [-0.2, 0) is 4.79 Å². The van der Waals surface area contributed by atoms with Gasteiger partial charge in [-0.1, -0.05) is 38.0 Å². The minimum absolute atomic E-state index is 0.0612. The first-order valence-electron chi connectivity index (χ1n) is 6.12. The van der Waals surface area contributed by atoms with E-state index in [9.17, 15) is 4.79 Å². The second-order valence-corrected chi connectivity index (χ2v) is 5.96. The van der Waals surface area contributed by atoms with Gasteiger partial charge in [0.2, 0.25) is 0 Å². The molecule has 0 aromatic heterocycles. The topological polar surface area (TPSA) is 17.1 Å². The fourth-order valence-electron chi connectivity index (χ4n) is 2.61. The molecular weight excluding hydrogens is 196 g/mol. The Morgan fingerprint density at radius 2 is 2.00 bits per heavy atom. The summed E-state index contributed by atoms with van der Waals surface area (Å²) >= 11 is 0. The lowest BCUT2D eigenvalue weighted by Crippen LogP contribution is -2.38. The van der Waals surface area contributed by atoms with Crippen molar-refractivity contribution in [2.45, 2.75) is 48.0 Å². The number of rotatable bonds is 2. The van der Waals surface area contributed by atoms with Gasteiger partial charge in [-0.3, -0.25) is 4.79 Å². The van der Waals surface area contributed by atoms with Gasteiger partial charge in [0, 0.05) is 5.92 Å². The summed E-state index contributed by atoms with van der Waals surface area (Å²) in [4.78, 5) is 12.3. The third-order valence-corrected chi connectivity index (χ3v) is 3.98. The molecule has 0 aliphatic heterocycles. The zero-order chi connectivity index (χ0) is 12.5. The van der Waals surface area contributed by atoms with E-state index in [0.29, 0.717) is 5.92 Å². The van der Waals surface area contributed by atoms with Crippen molar-refractivity contribution in [2.24, 2.45) is 17.3 Å². The van der Waals surface area contributed by atoms with Crippen LogP contribution in [0.4, 0.5) is 0 Å². The van der Waals surface area contributed by atoms with E-state index in [4.69, 9.17) is 0 Å². The molecule has 1 nitrogen and oxygen atoms in total. The Labute approximate surface area is 99.6 Å². The SMILES string of the molecule is CC(C)=CC(=O)C1C(C)=CCC(C)C1(C)C. The number of carbonyl (C=O) groups excluding carboxylic acids is 1. The second kappa shape index (κ2) is 4.57. The van der Waals surface area contributed by atoms with Gasteiger partial charge in [0.1, 0.15) is 0 Å². The molecule has 1 rings (SSSR count). The molecule has 0 saturated carbocycles.